The predicted octanol–water partition coefficient (Wildman–Crippen LogP) is 6.14. The lowest BCUT2D eigenvalue weighted by atomic mass is 9.93. The summed E-state index contributed by atoms with van der Waals surface area (Å²) in [5.74, 6) is -3.67. The molecule has 2 heterocycles. The number of amides is 3. The number of likely N-dealkylation sites (tertiary alicyclic amines) is 2. The smallest absolute Gasteiger partial charge is 0.403 e. The van der Waals surface area contributed by atoms with Gasteiger partial charge in [0.15, 0.2) is 11.6 Å². The minimum absolute atomic E-state index is 0.0826. The predicted molar refractivity (Wildman–Crippen MR) is 151 cm³/mol. The summed E-state index contributed by atoms with van der Waals surface area (Å²) in [5, 5.41) is 0.632. The molecule has 7 nitrogen and oxygen atoms in total. The van der Waals surface area contributed by atoms with Gasteiger partial charge in [-0.15, -0.1) is 13.2 Å². The van der Waals surface area contributed by atoms with Crippen LogP contribution in [0.15, 0.2) is 36.4 Å². The van der Waals surface area contributed by atoms with Crippen molar-refractivity contribution < 1.29 is 36.7 Å². The largest absolute Gasteiger partial charge is 0.573 e. The number of alkyl halides is 3. The topological polar surface area (TPSA) is 70.2 Å². The molecule has 2 saturated heterocycles. The molecular formula is C30H31Cl2F4N3O4. The number of rotatable bonds is 6. The van der Waals surface area contributed by atoms with E-state index in [1.165, 1.54) is 11.9 Å². The zero-order valence-corrected chi connectivity index (χ0v) is 25.1. The molecule has 2 aromatic carbocycles. The Kier molecular flexibility index (Phi) is 8.61. The molecule has 3 aliphatic rings. The van der Waals surface area contributed by atoms with Crippen molar-refractivity contribution in [3.8, 4) is 5.75 Å². The number of nitrogens with zero attached hydrogens (tertiary/aromatic N) is 3. The van der Waals surface area contributed by atoms with Crippen molar-refractivity contribution in [1.82, 2.24) is 14.7 Å². The quantitative estimate of drug-likeness (QED) is 0.355. The highest BCUT2D eigenvalue weighted by molar-refractivity contribution is 6.42. The molecule has 2 aromatic rings. The Bertz CT molecular complexity index is 1430. The lowest BCUT2D eigenvalue weighted by Gasteiger charge is -2.34. The fraction of sp³-hybridized carbons (Fsp3) is 0.500. The fourth-order valence-corrected chi connectivity index (χ4v) is 6.30. The van der Waals surface area contributed by atoms with E-state index in [9.17, 15) is 31.9 Å². The van der Waals surface area contributed by atoms with Crippen molar-refractivity contribution in [3.63, 3.8) is 0 Å². The van der Waals surface area contributed by atoms with Crippen molar-refractivity contribution >= 4 is 40.9 Å². The average Bonchev–Trinajstić information content (AvgIpc) is 3.56. The minimum atomic E-state index is -5.14. The molecule has 1 aliphatic carbocycles. The number of carbonyl (C=O) groups is 3. The summed E-state index contributed by atoms with van der Waals surface area (Å²) >= 11 is 12.4. The van der Waals surface area contributed by atoms with Crippen molar-refractivity contribution in [3.05, 3.63) is 63.4 Å². The minimum Gasteiger partial charge on any atom is -0.403 e. The van der Waals surface area contributed by atoms with Crippen molar-refractivity contribution in [2.45, 2.75) is 50.9 Å². The van der Waals surface area contributed by atoms with Gasteiger partial charge in [0, 0.05) is 56.0 Å². The molecule has 0 unspecified atom stereocenters. The van der Waals surface area contributed by atoms with E-state index < -0.39 is 35.8 Å². The molecule has 13 heteroatoms. The first-order valence-electron chi connectivity index (χ1n) is 14.0. The number of halogens is 6. The second-order valence-corrected chi connectivity index (χ2v) is 12.6. The van der Waals surface area contributed by atoms with E-state index in [-0.39, 0.29) is 41.8 Å². The highest BCUT2D eigenvalue weighted by Gasteiger charge is 2.48. The molecule has 5 rings (SSSR count). The van der Waals surface area contributed by atoms with Gasteiger partial charge in [-0.05, 0) is 61.6 Å². The van der Waals surface area contributed by atoms with Gasteiger partial charge in [-0.1, -0.05) is 36.2 Å². The van der Waals surface area contributed by atoms with Crippen LogP contribution in [0.4, 0.5) is 17.6 Å². The maximum atomic E-state index is 14.0. The van der Waals surface area contributed by atoms with Crippen molar-refractivity contribution in [1.29, 1.82) is 0 Å². The Morgan fingerprint density at radius 1 is 0.977 bits per heavy atom. The van der Waals surface area contributed by atoms with E-state index in [2.05, 4.69) is 4.74 Å². The van der Waals surface area contributed by atoms with Crippen LogP contribution in [0.5, 0.6) is 5.75 Å². The van der Waals surface area contributed by atoms with Crippen LogP contribution in [0, 0.1) is 17.2 Å². The van der Waals surface area contributed by atoms with E-state index >= 15 is 0 Å². The van der Waals surface area contributed by atoms with Crippen LogP contribution >= 0.6 is 23.2 Å². The van der Waals surface area contributed by atoms with Gasteiger partial charge >= 0.3 is 6.36 Å². The van der Waals surface area contributed by atoms with Crippen LogP contribution in [0.3, 0.4) is 0 Å². The van der Waals surface area contributed by atoms with Gasteiger partial charge in [0.1, 0.15) is 0 Å². The van der Waals surface area contributed by atoms with Crippen LogP contribution in [0.1, 0.15) is 54.4 Å². The van der Waals surface area contributed by atoms with Gasteiger partial charge < -0.3 is 19.4 Å². The number of ether oxygens (including phenoxy) is 1. The Morgan fingerprint density at radius 3 is 2.26 bits per heavy atom. The van der Waals surface area contributed by atoms with Gasteiger partial charge in [-0.3, -0.25) is 14.4 Å². The molecular weight excluding hydrogens is 613 g/mol. The van der Waals surface area contributed by atoms with Gasteiger partial charge in [0.25, 0.3) is 5.91 Å². The maximum Gasteiger partial charge on any atom is 0.573 e. The van der Waals surface area contributed by atoms with Crippen LogP contribution < -0.4 is 4.74 Å². The Labute approximate surface area is 256 Å². The van der Waals surface area contributed by atoms with E-state index in [1.54, 1.807) is 23.1 Å². The highest BCUT2D eigenvalue weighted by Crippen LogP contribution is 2.47. The summed E-state index contributed by atoms with van der Waals surface area (Å²) in [7, 11) is 1.49. The third-order valence-electron chi connectivity index (χ3n) is 8.84. The second kappa shape index (κ2) is 11.8. The fourth-order valence-electron chi connectivity index (χ4n) is 5.99. The molecule has 232 valence electrons. The number of hydrogen-bond donors (Lipinski definition) is 0. The van der Waals surface area contributed by atoms with Gasteiger partial charge in [-0.2, -0.15) is 0 Å². The molecule has 0 radical (unpaired) electrons. The van der Waals surface area contributed by atoms with Crippen LogP contribution in [0.2, 0.25) is 10.0 Å². The van der Waals surface area contributed by atoms with Crippen LogP contribution in [-0.4, -0.2) is 78.1 Å². The molecule has 3 amide bonds. The second-order valence-electron chi connectivity index (χ2n) is 11.8. The van der Waals surface area contributed by atoms with Crippen LogP contribution in [-0.2, 0) is 9.59 Å². The summed E-state index contributed by atoms with van der Waals surface area (Å²) < 4.78 is 56.1. The first-order chi connectivity index (χ1) is 20.2. The molecule has 3 fully saturated rings. The zero-order chi connectivity index (χ0) is 31.3. The molecule has 43 heavy (non-hydrogen) atoms. The van der Waals surface area contributed by atoms with E-state index in [4.69, 9.17) is 23.2 Å². The summed E-state index contributed by atoms with van der Waals surface area (Å²) in [6, 6.07) is 7.01. The van der Waals surface area contributed by atoms with Gasteiger partial charge in [0.05, 0.1) is 16.1 Å². The Balaban J connectivity index is 1.35. The molecule has 2 aliphatic heterocycles. The molecule has 0 aromatic heterocycles. The molecule has 0 spiro atoms. The third kappa shape index (κ3) is 6.72. The highest BCUT2D eigenvalue weighted by atomic mass is 35.5. The standard InChI is InChI=1S/C30H31Cl2F4N3O4/c1-29(9-10-29)28(42)38-11-7-17(8-12-38)27(41)39-15-20(18-3-5-21(31)22(32)13-18)24(16-39)37(2)26(40)19-4-6-23(33)25(14-19)43-30(34,35)36/h3-6,13-14,17,20,24H,7-12,15-16H2,1-2H3/t20-,24+/m0/s1. The number of benzene rings is 2. The number of likely N-dealkylation sites (N-methyl/N-ethyl adjacent to an activating group) is 1. The Hall–Kier alpha value is -3.05. The molecule has 0 N–H and O–H groups in total. The monoisotopic (exact) mass is 643 g/mol. The summed E-state index contributed by atoms with van der Waals surface area (Å²) in [5.41, 5.74) is 0.253. The van der Waals surface area contributed by atoms with E-state index in [0.29, 0.717) is 42.0 Å². The van der Waals surface area contributed by atoms with Crippen LogP contribution in [0.25, 0.3) is 0 Å². The SMILES string of the molecule is CN(C(=O)c1ccc(F)c(OC(F)(F)F)c1)[C@@H]1CN(C(=O)C2CCN(C(=O)C3(C)CC3)CC2)C[C@H]1c1ccc(Cl)c(Cl)c1. The molecule has 0 bridgehead atoms. The lowest BCUT2D eigenvalue weighted by molar-refractivity contribution is -0.275. The van der Waals surface area contributed by atoms with Gasteiger partial charge in [0.2, 0.25) is 11.8 Å². The normalized spacial score (nSPS) is 22.0. The van der Waals surface area contributed by atoms with Gasteiger partial charge in [-0.25, -0.2) is 4.39 Å². The Morgan fingerprint density at radius 2 is 1.65 bits per heavy atom. The van der Waals surface area contributed by atoms with E-state index in [0.717, 1.165) is 30.5 Å². The third-order valence-corrected chi connectivity index (χ3v) is 9.58. The number of piperidine rings is 1. The summed E-state index contributed by atoms with van der Waals surface area (Å²) in [6.07, 6.45) is -2.30. The summed E-state index contributed by atoms with van der Waals surface area (Å²) in [6.45, 7) is 3.40. The molecule has 1 saturated carbocycles. The summed E-state index contributed by atoms with van der Waals surface area (Å²) in [4.78, 5) is 44.9. The molecule has 2 atom stereocenters. The first kappa shape index (κ1) is 31.4. The lowest BCUT2D eigenvalue weighted by Crippen LogP contribution is -2.46. The van der Waals surface area contributed by atoms with E-state index in [1.807, 2.05) is 11.8 Å². The maximum absolute atomic E-state index is 14.0. The first-order valence-corrected chi connectivity index (χ1v) is 14.8. The zero-order valence-electron chi connectivity index (χ0n) is 23.6. The number of hydrogen-bond acceptors (Lipinski definition) is 4. The number of carbonyl (C=O) groups excluding carboxylic acids is 3. The van der Waals surface area contributed by atoms with Crippen molar-refractivity contribution in [2.24, 2.45) is 11.3 Å². The van der Waals surface area contributed by atoms with Crippen molar-refractivity contribution in [2.75, 3.05) is 33.2 Å². The average molecular weight is 644 g/mol.